The third-order valence-electron chi connectivity index (χ3n) is 5.10. The Kier molecular flexibility index (Phi) is 1.69. The van der Waals surface area contributed by atoms with Crippen LogP contribution in [0, 0.1) is 17.3 Å². The second-order valence-corrected chi connectivity index (χ2v) is 5.91. The lowest BCUT2D eigenvalue weighted by Crippen LogP contribution is -2.56. The van der Waals surface area contributed by atoms with Crippen molar-refractivity contribution in [1.82, 2.24) is 0 Å². The Bertz CT molecular complexity index is 266. The lowest BCUT2D eigenvalue weighted by Gasteiger charge is -2.56. The van der Waals surface area contributed by atoms with Gasteiger partial charge in [-0.2, -0.15) is 0 Å². The zero-order chi connectivity index (χ0) is 9.97. The predicted molar refractivity (Wildman–Crippen MR) is 54.7 cm³/mol. The lowest BCUT2D eigenvalue weighted by molar-refractivity contribution is -0.123. The molecule has 0 spiro atoms. The highest BCUT2D eigenvalue weighted by atomic mass is 16.6. The molecule has 2 nitrogen and oxygen atoms in total. The van der Waals surface area contributed by atoms with E-state index in [4.69, 9.17) is 9.31 Å². The third kappa shape index (κ3) is 0.905. The maximum atomic E-state index is 5.76. The average Bonchev–Trinajstić information content (AvgIpc) is 2.36. The lowest BCUT2D eigenvalue weighted by atomic mass is 9.51. The normalized spacial score (nSPS) is 54.1. The topological polar surface area (TPSA) is 18.5 Å². The molecule has 0 aromatic carbocycles. The van der Waals surface area contributed by atoms with E-state index in [1.165, 1.54) is 12.8 Å². The molecule has 4 atom stereocenters. The molecule has 1 unspecified atom stereocenters. The van der Waals surface area contributed by atoms with Crippen molar-refractivity contribution in [1.29, 1.82) is 0 Å². The molecular formula is C11H18BO2. The van der Waals surface area contributed by atoms with Crippen LogP contribution in [-0.2, 0) is 9.31 Å². The molecule has 3 aliphatic carbocycles. The maximum absolute atomic E-state index is 5.76. The van der Waals surface area contributed by atoms with Gasteiger partial charge in [0.15, 0.2) is 0 Å². The summed E-state index contributed by atoms with van der Waals surface area (Å²) in [6.45, 7) is 7.01. The van der Waals surface area contributed by atoms with Crippen molar-refractivity contribution in [2.45, 2.75) is 51.7 Å². The Labute approximate surface area is 86.7 Å². The van der Waals surface area contributed by atoms with Gasteiger partial charge in [-0.3, -0.25) is 0 Å². The van der Waals surface area contributed by atoms with Crippen LogP contribution < -0.4 is 0 Å². The van der Waals surface area contributed by atoms with Crippen LogP contribution in [0.1, 0.15) is 40.0 Å². The SMILES string of the molecule is CC1(C)[C@@H]2CCC3O[B]O[C@@]3(C)[C@H]1C2. The molecule has 4 rings (SSSR count). The molecule has 1 radical (unpaired) electrons. The first-order chi connectivity index (χ1) is 6.55. The summed E-state index contributed by atoms with van der Waals surface area (Å²) >= 11 is 0. The van der Waals surface area contributed by atoms with Gasteiger partial charge in [0.1, 0.15) is 0 Å². The fourth-order valence-corrected chi connectivity index (χ4v) is 3.90. The van der Waals surface area contributed by atoms with E-state index in [-0.39, 0.29) is 5.60 Å². The molecule has 3 heteroatoms. The summed E-state index contributed by atoms with van der Waals surface area (Å²) in [5.74, 6) is 1.56. The molecule has 0 aromatic rings. The quantitative estimate of drug-likeness (QED) is 0.548. The van der Waals surface area contributed by atoms with E-state index >= 15 is 0 Å². The first-order valence-corrected chi connectivity index (χ1v) is 5.70. The van der Waals surface area contributed by atoms with E-state index in [1.807, 2.05) is 0 Å². The van der Waals surface area contributed by atoms with Gasteiger partial charge >= 0.3 is 7.69 Å². The molecule has 1 aliphatic heterocycles. The van der Waals surface area contributed by atoms with Crippen LogP contribution in [0.25, 0.3) is 0 Å². The highest BCUT2D eigenvalue weighted by molar-refractivity contribution is 6.19. The number of rotatable bonds is 0. The van der Waals surface area contributed by atoms with Crippen molar-refractivity contribution >= 4 is 7.69 Å². The van der Waals surface area contributed by atoms with Crippen molar-refractivity contribution in [3.63, 3.8) is 0 Å². The van der Waals surface area contributed by atoms with Gasteiger partial charge in [-0.1, -0.05) is 13.8 Å². The van der Waals surface area contributed by atoms with E-state index < -0.39 is 0 Å². The molecule has 3 saturated carbocycles. The van der Waals surface area contributed by atoms with E-state index in [0.717, 1.165) is 12.3 Å². The Morgan fingerprint density at radius 2 is 2.00 bits per heavy atom. The van der Waals surface area contributed by atoms with Gasteiger partial charge < -0.3 is 9.31 Å². The zero-order valence-electron chi connectivity index (χ0n) is 9.25. The molecule has 0 aromatic heterocycles. The Morgan fingerprint density at radius 1 is 1.21 bits per heavy atom. The van der Waals surface area contributed by atoms with Crippen LogP contribution in [0.15, 0.2) is 0 Å². The first kappa shape index (κ1) is 9.23. The maximum Gasteiger partial charge on any atom is 0.488 e. The van der Waals surface area contributed by atoms with Crippen LogP contribution in [0.5, 0.6) is 0 Å². The van der Waals surface area contributed by atoms with Crippen molar-refractivity contribution < 1.29 is 9.31 Å². The van der Waals surface area contributed by atoms with Crippen LogP contribution in [0.3, 0.4) is 0 Å². The van der Waals surface area contributed by atoms with Gasteiger partial charge in [-0.05, 0) is 43.4 Å². The average molecular weight is 193 g/mol. The standard InChI is InChI=1S/C11H18BO2/c1-10(2)7-4-5-9-11(3,8(10)6-7)14-12-13-9/h7-9H,4-6H2,1-3H3/t7-,8+,9?,11+/m1/s1. The van der Waals surface area contributed by atoms with Crippen LogP contribution in [0.2, 0.25) is 0 Å². The summed E-state index contributed by atoms with van der Waals surface area (Å²) in [4.78, 5) is 0. The van der Waals surface area contributed by atoms with E-state index in [9.17, 15) is 0 Å². The van der Waals surface area contributed by atoms with Crippen molar-refractivity contribution in [2.24, 2.45) is 17.3 Å². The highest BCUT2D eigenvalue weighted by Gasteiger charge is 2.62. The summed E-state index contributed by atoms with van der Waals surface area (Å²) < 4.78 is 11.3. The number of hydrogen-bond donors (Lipinski definition) is 0. The molecule has 0 amide bonds. The second kappa shape index (κ2) is 2.56. The Morgan fingerprint density at radius 3 is 2.71 bits per heavy atom. The van der Waals surface area contributed by atoms with Gasteiger partial charge in [-0.25, -0.2) is 0 Å². The summed E-state index contributed by atoms with van der Waals surface area (Å²) in [5, 5.41) is 0. The molecule has 1 heterocycles. The van der Waals surface area contributed by atoms with Gasteiger partial charge in [0.05, 0.1) is 11.7 Å². The molecule has 14 heavy (non-hydrogen) atoms. The van der Waals surface area contributed by atoms with Crippen LogP contribution in [0.4, 0.5) is 0 Å². The van der Waals surface area contributed by atoms with E-state index in [0.29, 0.717) is 17.4 Å². The summed E-state index contributed by atoms with van der Waals surface area (Å²) in [6, 6.07) is 0. The van der Waals surface area contributed by atoms with E-state index in [1.54, 1.807) is 7.69 Å². The Hall–Kier alpha value is -0.0151. The van der Waals surface area contributed by atoms with Crippen LogP contribution in [-0.4, -0.2) is 19.4 Å². The molecule has 77 valence electrons. The summed E-state index contributed by atoms with van der Waals surface area (Å²) in [5.41, 5.74) is 0.404. The summed E-state index contributed by atoms with van der Waals surface area (Å²) in [6.07, 6.45) is 4.11. The van der Waals surface area contributed by atoms with Crippen LogP contribution >= 0.6 is 0 Å². The smallest absolute Gasteiger partial charge is 0.407 e. The van der Waals surface area contributed by atoms with Gasteiger partial charge in [0.2, 0.25) is 0 Å². The molecule has 4 aliphatic rings. The van der Waals surface area contributed by atoms with Crippen molar-refractivity contribution in [3.05, 3.63) is 0 Å². The molecular weight excluding hydrogens is 175 g/mol. The second-order valence-electron chi connectivity index (χ2n) is 5.91. The first-order valence-electron chi connectivity index (χ1n) is 5.70. The largest absolute Gasteiger partial charge is 0.488 e. The van der Waals surface area contributed by atoms with Gasteiger partial charge in [-0.15, -0.1) is 0 Å². The monoisotopic (exact) mass is 193 g/mol. The molecule has 0 N–H and O–H groups in total. The van der Waals surface area contributed by atoms with Gasteiger partial charge in [0, 0.05) is 0 Å². The van der Waals surface area contributed by atoms with Crippen molar-refractivity contribution in [3.8, 4) is 0 Å². The molecule has 2 bridgehead atoms. The number of hydrogen-bond acceptors (Lipinski definition) is 2. The fraction of sp³-hybridized carbons (Fsp3) is 1.00. The molecule has 4 fully saturated rings. The van der Waals surface area contributed by atoms with Gasteiger partial charge in [0.25, 0.3) is 0 Å². The van der Waals surface area contributed by atoms with E-state index in [2.05, 4.69) is 20.8 Å². The molecule has 1 saturated heterocycles. The summed E-state index contributed by atoms with van der Waals surface area (Å²) in [7, 11) is 1.57. The third-order valence-corrected chi connectivity index (χ3v) is 5.10. The fourth-order valence-electron chi connectivity index (χ4n) is 3.90. The minimum atomic E-state index is -0.0451. The predicted octanol–water partition coefficient (Wildman–Crippen LogP) is 2.15. The minimum Gasteiger partial charge on any atom is -0.407 e. The van der Waals surface area contributed by atoms with Crippen molar-refractivity contribution in [2.75, 3.05) is 0 Å². The minimum absolute atomic E-state index is 0.0451. The Balaban J connectivity index is 1.97. The zero-order valence-corrected chi connectivity index (χ0v) is 9.25. The number of fused-ring (bicyclic) bond motifs is 1. The highest BCUT2D eigenvalue weighted by Crippen LogP contribution is 2.62.